The van der Waals surface area contributed by atoms with Crippen molar-refractivity contribution >= 4 is 17.9 Å². The summed E-state index contributed by atoms with van der Waals surface area (Å²) in [5, 5.41) is 0. The van der Waals surface area contributed by atoms with Crippen LogP contribution in [0.1, 0.15) is 56.3 Å². The van der Waals surface area contributed by atoms with Gasteiger partial charge in [0, 0.05) is 24.4 Å². The zero-order valence-electron chi connectivity index (χ0n) is 26.8. The van der Waals surface area contributed by atoms with Crippen LogP contribution in [0.4, 0.5) is 0 Å². The third-order valence-electron chi connectivity index (χ3n) is 10.1. The van der Waals surface area contributed by atoms with E-state index in [1.807, 2.05) is 42.5 Å². The Morgan fingerprint density at radius 2 is 1.51 bits per heavy atom. The Labute approximate surface area is 273 Å². The summed E-state index contributed by atoms with van der Waals surface area (Å²) in [6, 6.07) is 18.3. The number of esters is 3. The molecule has 0 amide bonds. The minimum Gasteiger partial charge on any atom is -0.465 e. The molecule has 7 rings (SSSR count). The van der Waals surface area contributed by atoms with Crippen LogP contribution < -0.4 is 9.47 Å². The molecule has 3 aromatic rings. The fourth-order valence-electron chi connectivity index (χ4n) is 7.95. The predicted molar refractivity (Wildman–Crippen MR) is 169 cm³/mol. The van der Waals surface area contributed by atoms with E-state index in [1.54, 1.807) is 24.3 Å². The third-order valence-corrected chi connectivity index (χ3v) is 10.1. The minimum atomic E-state index is -1.31. The van der Waals surface area contributed by atoms with E-state index in [0.717, 1.165) is 41.6 Å². The van der Waals surface area contributed by atoms with Gasteiger partial charge in [0.25, 0.3) is 5.79 Å². The highest BCUT2D eigenvalue weighted by Gasteiger charge is 2.74. The van der Waals surface area contributed by atoms with E-state index >= 15 is 0 Å². The van der Waals surface area contributed by atoms with Gasteiger partial charge in [-0.1, -0.05) is 42.5 Å². The van der Waals surface area contributed by atoms with Gasteiger partial charge in [0.1, 0.15) is 6.10 Å². The number of ether oxygens (including phenoxy) is 6. The summed E-state index contributed by atoms with van der Waals surface area (Å²) in [5.41, 5.74) is 4.12. The number of benzene rings is 3. The molecule has 4 aliphatic rings. The highest BCUT2D eigenvalue weighted by atomic mass is 16.7. The van der Waals surface area contributed by atoms with E-state index < -0.39 is 35.2 Å². The van der Waals surface area contributed by atoms with Gasteiger partial charge in [-0.3, -0.25) is 4.79 Å². The molecule has 3 aromatic carbocycles. The molecule has 2 aliphatic carbocycles. The predicted octanol–water partition coefficient (Wildman–Crippen LogP) is 4.76. The first-order valence-electron chi connectivity index (χ1n) is 15.7. The molecule has 10 nitrogen and oxygen atoms in total. The maximum absolute atomic E-state index is 12.2. The second-order valence-corrected chi connectivity index (χ2v) is 12.6. The Balaban J connectivity index is 1.31. The minimum absolute atomic E-state index is 0.0449. The SMILES string of the molecule is COC(=O)c1ccc(COC2C=C[C@H]3[C@H]4Cc5ccc(OC(C)=O)c6c5[C@@]3(CCN4C)C2(OCc2ccc(C(=O)OC)cc2)O6)cc1. The number of hydrogen-bond donors (Lipinski definition) is 0. The molecule has 2 heterocycles. The Bertz CT molecular complexity index is 1750. The van der Waals surface area contributed by atoms with Gasteiger partial charge in [-0.25, -0.2) is 9.59 Å². The molecule has 2 aliphatic heterocycles. The molecule has 1 saturated heterocycles. The average molecular weight is 640 g/mol. The van der Waals surface area contributed by atoms with Gasteiger partial charge in [-0.15, -0.1) is 0 Å². The van der Waals surface area contributed by atoms with Gasteiger partial charge < -0.3 is 33.3 Å². The summed E-state index contributed by atoms with van der Waals surface area (Å²) in [4.78, 5) is 38.7. The van der Waals surface area contributed by atoms with E-state index in [4.69, 9.17) is 28.4 Å². The Morgan fingerprint density at radius 1 is 0.872 bits per heavy atom. The number of piperidine rings is 1. The van der Waals surface area contributed by atoms with Crippen LogP contribution in [0.3, 0.4) is 0 Å². The first-order valence-corrected chi connectivity index (χ1v) is 15.7. The summed E-state index contributed by atoms with van der Waals surface area (Å²) >= 11 is 0. The van der Waals surface area contributed by atoms with E-state index in [0.29, 0.717) is 22.6 Å². The van der Waals surface area contributed by atoms with E-state index in [-0.39, 0.29) is 25.2 Å². The summed E-state index contributed by atoms with van der Waals surface area (Å²) in [5.74, 6) is -1.65. The van der Waals surface area contributed by atoms with Gasteiger partial charge in [0.2, 0.25) is 0 Å². The van der Waals surface area contributed by atoms with E-state index in [1.165, 1.54) is 21.1 Å². The molecule has 10 heteroatoms. The lowest BCUT2D eigenvalue weighted by atomic mass is 9.52. The van der Waals surface area contributed by atoms with Crippen molar-refractivity contribution in [1.82, 2.24) is 4.90 Å². The van der Waals surface area contributed by atoms with Crippen LogP contribution >= 0.6 is 0 Å². The monoisotopic (exact) mass is 639 g/mol. The fourth-order valence-corrected chi connectivity index (χ4v) is 7.95. The maximum atomic E-state index is 12.2. The molecule has 1 spiro atoms. The highest BCUT2D eigenvalue weighted by molar-refractivity contribution is 5.89. The van der Waals surface area contributed by atoms with Crippen molar-refractivity contribution in [3.8, 4) is 11.5 Å². The summed E-state index contributed by atoms with van der Waals surface area (Å²) in [7, 11) is 4.86. The molecular weight excluding hydrogens is 602 g/mol. The van der Waals surface area contributed by atoms with Crippen LogP contribution in [0.25, 0.3) is 0 Å². The lowest BCUT2D eigenvalue weighted by molar-refractivity contribution is -0.292. The molecule has 2 unspecified atom stereocenters. The van der Waals surface area contributed by atoms with Crippen LogP contribution in [0.2, 0.25) is 0 Å². The van der Waals surface area contributed by atoms with Gasteiger partial charge in [-0.2, -0.15) is 0 Å². The van der Waals surface area contributed by atoms with E-state index in [2.05, 4.69) is 18.0 Å². The quantitative estimate of drug-likeness (QED) is 0.185. The molecule has 0 aromatic heterocycles. The number of likely N-dealkylation sites (tertiary alicyclic amines) is 1. The summed E-state index contributed by atoms with van der Waals surface area (Å²) in [6.45, 7) is 2.59. The second kappa shape index (κ2) is 11.9. The largest absolute Gasteiger partial charge is 0.465 e. The van der Waals surface area contributed by atoms with Crippen LogP contribution in [-0.4, -0.2) is 68.6 Å². The zero-order valence-corrected chi connectivity index (χ0v) is 26.8. The average Bonchev–Trinajstić information content (AvgIpc) is 3.40. The Morgan fingerprint density at radius 3 is 2.13 bits per heavy atom. The van der Waals surface area contributed by atoms with Crippen molar-refractivity contribution < 1.29 is 42.8 Å². The van der Waals surface area contributed by atoms with Crippen LogP contribution in [0.15, 0.2) is 72.8 Å². The molecule has 244 valence electrons. The van der Waals surface area contributed by atoms with Crippen molar-refractivity contribution in [3.63, 3.8) is 0 Å². The van der Waals surface area contributed by atoms with Crippen molar-refractivity contribution in [2.75, 3.05) is 27.8 Å². The fraction of sp³-hybridized carbons (Fsp3) is 0.378. The topological polar surface area (TPSA) is 110 Å². The summed E-state index contributed by atoms with van der Waals surface area (Å²) in [6.07, 6.45) is 5.19. The maximum Gasteiger partial charge on any atom is 0.337 e. The number of likely N-dealkylation sites (N-methyl/N-ethyl adjacent to an activating group) is 1. The van der Waals surface area contributed by atoms with Gasteiger partial charge >= 0.3 is 17.9 Å². The Hall–Kier alpha value is -4.51. The van der Waals surface area contributed by atoms with Crippen molar-refractivity contribution in [3.05, 3.63) is 106 Å². The molecule has 1 fully saturated rings. The number of methoxy groups -OCH3 is 2. The number of nitrogens with zero attached hydrogens (tertiary/aromatic N) is 1. The molecule has 47 heavy (non-hydrogen) atoms. The lowest BCUT2D eigenvalue weighted by Gasteiger charge is -2.60. The van der Waals surface area contributed by atoms with Crippen molar-refractivity contribution in [1.29, 1.82) is 0 Å². The lowest BCUT2D eigenvalue weighted by Crippen LogP contribution is -2.72. The van der Waals surface area contributed by atoms with Crippen LogP contribution in [0.5, 0.6) is 11.5 Å². The number of hydrogen-bond acceptors (Lipinski definition) is 10. The molecule has 5 atom stereocenters. The molecular formula is C37H37NO9. The second-order valence-electron chi connectivity index (χ2n) is 12.6. The van der Waals surface area contributed by atoms with Crippen molar-refractivity contribution in [2.45, 2.75) is 56.3 Å². The molecule has 0 radical (unpaired) electrons. The van der Waals surface area contributed by atoms with Crippen molar-refractivity contribution in [2.24, 2.45) is 5.92 Å². The normalized spacial score (nSPS) is 26.6. The zero-order chi connectivity index (χ0) is 32.9. The first-order chi connectivity index (χ1) is 22.7. The number of carbonyl (C=O) groups excluding carboxylic acids is 3. The van der Waals surface area contributed by atoms with E-state index in [9.17, 15) is 14.4 Å². The molecule has 0 saturated carbocycles. The van der Waals surface area contributed by atoms with Gasteiger partial charge in [0.05, 0.1) is 44.0 Å². The number of rotatable bonds is 9. The summed E-state index contributed by atoms with van der Waals surface area (Å²) < 4.78 is 36.3. The van der Waals surface area contributed by atoms with Crippen LogP contribution in [-0.2, 0) is 48.8 Å². The number of carbonyl (C=O) groups is 3. The van der Waals surface area contributed by atoms with Crippen LogP contribution in [0, 0.1) is 5.92 Å². The van der Waals surface area contributed by atoms with Gasteiger partial charge in [-0.05, 0) is 73.5 Å². The Kier molecular flexibility index (Phi) is 7.90. The standard InChI is InChI=1S/C37H37NO9/c1-22(39)46-30-15-13-27-19-29-28-14-16-31(44-20-23-5-9-25(10-6-23)34(40)42-3)37(36(28,17-18-38(29)2)32(27)33(30)47-37)45-21-24-7-11-26(12-8-24)35(41)43-4/h5-16,28-29,31H,17-21H2,1-4H3/t28-,29+,31?,36-,37?/m0/s1. The smallest absolute Gasteiger partial charge is 0.337 e. The van der Waals surface area contributed by atoms with Gasteiger partial charge in [0.15, 0.2) is 11.5 Å². The molecule has 2 bridgehead atoms. The third kappa shape index (κ3) is 4.94. The molecule has 0 N–H and O–H groups in total. The highest BCUT2D eigenvalue weighted by Crippen LogP contribution is 2.67. The first kappa shape index (κ1) is 31.1.